The maximum absolute atomic E-state index is 12.0. The van der Waals surface area contributed by atoms with E-state index in [1.54, 1.807) is 32.6 Å². The number of barbiturate groups is 1. The number of urea groups is 2. The van der Waals surface area contributed by atoms with Crippen LogP contribution in [0.15, 0.2) is 0 Å². The molecule has 2 heterocycles. The second-order valence-corrected chi connectivity index (χ2v) is 9.65. The molecule has 0 unspecified atom stereocenters. The maximum atomic E-state index is 12.0. The number of aliphatic hydroxyl groups excluding tert-OH is 1. The van der Waals surface area contributed by atoms with Gasteiger partial charge in [0.2, 0.25) is 11.8 Å². The number of rotatable bonds is 2. The number of amides is 7. The predicted octanol–water partition coefficient (Wildman–Crippen LogP) is 1.84. The summed E-state index contributed by atoms with van der Waals surface area (Å²) in [6.45, 7) is 8.14. The van der Waals surface area contributed by atoms with Crippen LogP contribution in [0.3, 0.4) is 0 Å². The van der Waals surface area contributed by atoms with Crippen molar-refractivity contribution in [3.05, 3.63) is 0 Å². The SMILES string of the molecule is CC(C)(C)OC(=O)N1CCC(N2C(=O)CC(=O)NC2=O)CC1.CCO.NC(=O)NC1CCCCC1. The van der Waals surface area contributed by atoms with Crippen molar-refractivity contribution in [1.29, 1.82) is 0 Å². The Kier molecular flexibility index (Phi) is 12.5. The molecule has 3 fully saturated rings. The number of likely N-dealkylation sites (tertiary alicyclic amines) is 1. The Morgan fingerprint density at radius 1 is 1.09 bits per heavy atom. The van der Waals surface area contributed by atoms with E-state index in [9.17, 15) is 24.0 Å². The van der Waals surface area contributed by atoms with Crippen molar-refractivity contribution in [2.45, 2.75) is 96.7 Å². The number of nitrogens with one attached hydrogen (secondary N) is 2. The van der Waals surface area contributed by atoms with E-state index in [1.807, 2.05) is 0 Å². The van der Waals surface area contributed by atoms with Crippen LogP contribution >= 0.6 is 0 Å². The Labute approximate surface area is 206 Å². The molecule has 35 heavy (non-hydrogen) atoms. The normalized spacial score (nSPS) is 19.5. The highest BCUT2D eigenvalue weighted by atomic mass is 16.6. The van der Waals surface area contributed by atoms with Crippen molar-refractivity contribution < 1.29 is 33.8 Å². The third kappa shape index (κ3) is 11.4. The zero-order valence-corrected chi connectivity index (χ0v) is 21.3. The van der Waals surface area contributed by atoms with Gasteiger partial charge in [-0.15, -0.1) is 0 Å². The fraction of sp³-hybridized carbons (Fsp3) is 0.783. The Morgan fingerprint density at radius 3 is 2.09 bits per heavy atom. The molecule has 12 heteroatoms. The standard InChI is InChI=1S/C14H21N3O5.C7H14N2O.C2H6O/c1-14(2,3)22-13(21)16-6-4-9(5-7-16)17-11(19)8-10(18)15-12(17)20;8-7(10)9-6-4-2-1-3-5-6;1-2-3/h9H,4-8H2,1-3H3,(H,15,18,20);6H,1-5H2,(H3,8,9,10);3H,2H2,1H3. The molecule has 2 saturated heterocycles. The number of piperidine rings is 1. The molecule has 0 aromatic carbocycles. The summed E-state index contributed by atoms with van der Waals surface area (Å²) in [4.78, 5) is 59.8. The first-order valence-electron chi connectivity index (χ1n) is 12.2. The Balaban J connectivity index is 0.000000391. The number of nitrogens with two attached hydrogens (primary N) is 1. The molecule has 0 radical (unpaired) electrons. The molecule has 1 aliphatic carbocycles. The minimum absolute atomic E-state index is 0.250. The van der Waals surface area contributed by atoms with E-state index in [0.29, 0.717) is 32.0 Å². The van der Waals surface area contributed by atoms with E-state index in [0.717, 1.165) is 17.7 Å². The molecule has 3 rings (SSSR count). The zero-order valence-electron chi connectivity index (χ0n) is 21.3. The van der Waals surface area contributed by atoms with Crippen molar-refractivity contribution in [2.24, 2.45) is 5.73 Å². The van der Waals surface area contributed by atoms with Gasteiger partial charge in [-0.3, -0.25) is 19.8 Å². The first kappa shape index (κ1) is 30.1. The van der Waals surface area contributed by atoms with Gasteiger partial charge in [-0.1, -0.05) is 19.3 Å². The van der Waals surface area contributed by atoms with Gasteiger partial charge in [0.05, 0.1) is 0 Å². The summed E-state index contributed by atoms with van der Waals surface area (Å²) in [6, 6.07) is -0.991. The second kappa shape index (κ2) is 14.5. The topological polar surface area (TPSA) is 171 Å². The van der Waals surface area contributed by atoms with E-state index >= 15 is 0 Å². The van der Waals surface area contributed by atoms with Crippen molar-refractivity contribution >= 4 is 30.0 Å². The monoisotopic (exact) mass is 499 g/mol. The summed E-state index contributed by atoms with van der Waals surface area (Å²) in [5, 5.41) is 12.4. The fourth-order valence-corrected chi connectivity index (χ4v) is 4.01. The predicted molar refractivity (Wildman–Crippen MR) is 128 cm³/mol. The average molecular weight is 500 g/mol. The molecule has 0 aromatic heterocycles. The van der Waals surface area contributed by atoms with Gasteiger partial charge < -0.3 is 25.8 Å². The summed E-state index contributed by atoms with van der Waals surface area (Å²) in [6.07, 6.45) is 6.21. The molecule has 0 aromatic rings. The van der Waals surface area contributed by atoms with Gasteiger partial charge in [-0.2, -0.15) is 0 Å². The van der Waals surface area contributed by atoms with Crippen LogP contribution in [0.5, 0.6) is 0 Å². The van der Waals surface area contributed by atoms with Crippen LogP contribution in [0, 0.1) is 0 Å². The second-order valence-electron chi connectivity index (χ2n) is 9.65. The van der Waals surface area contributed by atoms with E-state index in [-0.39, 0.29) is 25.1 Å². The van der Waals surface area contributed by atoms with Crippen molar-refractivity contribution in [3.63, 3.8) is 0 Å². The highest BCUT2D eigenvalue weighted by molar-refractivity contribution is 6.14. The summed E-state index contributed by atoms with van der Waals surface area (Å²) in [7, 11) is 0. The molecule has 0 bridgehead atoms. The molecule has 12 nitrogen and oxygen atoms in total. The number of hydrogen-bond donors (Lipinski definition) is 4. The first-order chi connectivity index (χ1) is 16.4. The Bertz CT molecular complexity index is 719. The van der Waals surface area contributed by atoms with Gasteiger partial charge >= 0.3 is 18.2 Å². The van der Waals surface area contributed by atoms with Crippen molar-refractivity contribution in [2.75, 3.05) is 19.7 Å². The van der Waals surface area contributed by atoms with Crippen LogP contribution in [0.1, 0.15) is 79.1 Å². The number of ether oxygens (including phenoxy) is 1. The Morgan fingerprint density at radius 2 is 1.63 bits per heavy atom. The number of hydrogen-bond acceptors (Lipinski definition) is 7. The van der Waals surface area contributed by atoms with Crippen LogP contribution in [0.4, 0.5) is 14.4 Å². The number of aliphatic hydroxyl groups is 1. The third-order valence-electron chi connectivity index (χ3n) is 5.48. The minimum Gasteiger partial charge on any atom is -0.444 e. The zero-order chi connectivity index (χ0) is 26.6. The molecular formula is C23H41N5O7. The number of primary amides is 1. The van der Waals surface area contributed by atoms with Gasteiger partial charge in [-0.05, 0) is 53.4 Å². The number of imide groups is 2. The molecule has 1 saturated carbocycles. The molecule has 5 N–H and O–H groups in total. The number of carbonyl (C=O) groups is 5. The van der Waals surface area contributed by atoms with E-state index in [1.165, 1.54) is 19.3 Å². The molecule has 3 aliphatic rings. The smallest absolute Gasteiger partial charge is 0.410 e. The molecule has 2 aliphatic heterocycles. The summed E-state index contributed by atoms with van der Waals surface area (Å²) in [5.41, 5.74) is 4.41. The van der Waals surface area contributed by atoms with Crippen molar-refractivity contribution in [1.82, 2.24) is 20.4 Å². The lowest BCUT2D eigenvalue weighted by molar-refractivity contribution is -0.138. The van der Waals surface area contributed by atoms with Gasteiger partial charge in [0, 0.05) is 31.8 Å². The van der Waals surface area contributed by atoms with Crippen LogP contribution in [0.25, 0.3) is 0 Å². The molecular weight excluding hydrogens is 458 g/mol. The first-order valence-corrected chi connectivity index (χ1v) is 12.2. The summed E-state index contributed by atoms with van der Waals surface area (Å²) >= 11 is 0. The lowest BCUT2D eigenvalue weighted by atomic mass is 9.96. The number of nitrogens with zero attached hydrogens (tertiary/aromatic N) is 2. The quantitative estimate of drug-likeness (QED) is 0.420. The van der Waals surface area contributed by atoms with Crippen molar-refractivity contribution in [3.8, 4) is 0 Å². The van der Waals surface area contributed by atoms with E-state index in [2.05, 4.69) is 10.6 Å². The highest BCUT2D eigenvalue weighted by Gasteiger charge is 2.38. The van der Waals surface area contributed by atoms with E-state index < -0.39 is 29.5 Å². The summed E-state index contributed by atoms with van der Waals surface area (Å²) < 4.78 is 5.30. The van der Waals surface area contributed by atoms with Gasteiger partial charge in [-0.25, -0.2) is 14.4 Å². The van der Waals surface area contributed by atoms with E-state index in [4.69, 9.17) is 15.6 Å². The largest absolute Gasteiger partial charge is 0.444 e. The summed E-state index contributed by atoms with van der Waals surface area (Å²) in [5.74, 6) is -1.05. The molecule has 0 atom stereocenters. The van der Waals surface area contributed by atoms with Crippen LogP contribution in [0.2, 0.25) is 0 Å². The van der Waals surface area contributed by atoms with Gasteiger partial charge in [0.15, 0.2) is 0 Å². The molecule has 200 valence electrons. The molecule has 7 amide bonds. The lowest BCUT2D eigenvalue weighted by Gasteiger charge is -2.38. The number of carbonyl (C=O) groups excluding carboxylic acids is 5. The van der Waals surface area contributed by atoms with Gasteiger partial charge in [0.1, 0.15) is 12.0 Å². The minimum atomic E-state index is -0.669. The average Bonchev–Trinajstić information content (AvgIpc) is 2.73. The highest BCUT2D eigenvalue weighted by Crippen LogP contribution is 2.21. The fourth-order valence-electron chi connectivity index (χ4n) is 4.01. The van der Waals surface area contributed by atoms with Crippen LogP contribution in [-0.4, -0.2) is 82.3 Å². The molecule has 0 spiro atoms. The third-order valence-corrected chi connectivity index (χ3v) is 5.48. The van der Waals surface area contributed by atoms with Crippen LogP contribution < -0.4 is 16.4 Å². The van der Waals surface area contributed by atoms with Crippen LogP contribution in [-0.2, 0) is 14.3 Å². The lowest BCUT2D eigenvalue weighted by Crippen LogP contribution is -2.59. The van der Waals surface area contributed by atoms with Gasteiger partial charge in [0.25, 0.3) is 0 Å². The Hall–Kier alpha value is -2.89. The maximum Gasteiger partial charge on any atom is 0.410 e.